The molecule has 0 amide bonds. The summed E-state index contributed by atoms with van der Waals surface area (Å²) >= 11 is 0. The van der Waals surface area contributed by atoms with E-state index in [9.17, 15) is 9.90 Å². The number of carboxylic acid groups (broad SMARTS) is 1. The molecule has 2 aromatic rings. The standard InChI is InChI=1S/C14H17NO4/c1-2-15(7-8-16)9-12-13(14(17)18)10-5-3-4-6-11(10)19-12/h3-6,16H,2,7-9H2,1H3,(H,17,18). The molecule has 1 aromatic carbocycles. The lowest BCUT2D eigenvalue weighted by Gasteiger charge is -2.17. The quantitative estimate of drug-likeness (QED) is 0.833. The molecule has 1 heterocycles. The van der Waals surface area contributed by atoms with Crippen LogP contribution in [0.1, 0.15) is 23.0 Å². The second-order valence-corrected chi connectivity index (χ2v) is 4.29. The number of furan rings is 1. The Hall–Kier alpha value is -1.85. The largest absolute Gasteiger partial charge is 0.478 e. The Morgan fingerprint density at radius 3 is 2.74 bits per heavy atom. The summed E-state index contributed by atoms with van der Waals surface area (Å²) in [6.07, 6.45) is 0. The smallest absolute Gasteiger partial charge is 0.339 e. The number of hydrogen-bond donors (Lipinski definition) is 2. The Morgan fingerprint density at radius 1 is 1.37 bits per heavy atom. The maximum atomic E-state index is 11.4. The van der Waals surface area contributed by atoms with Crippen molar-refractivity contribution in [1.82, 2.24) is 4.90 Å². The summed E-state index contributed by atoms with van der Waals surface area (Å²) in [6, 6.07) is 7.10. The van der Waals surface area contributed by atoms with Crippen molar-refractivity contribution >= 4 is 16.9 Å². The van der Waals surface area contributed by atoms with E-state index < -0.39 is 5.97 Å². The lowest BCUT2D eigenvalue weighted by Crippen LogP contribution is -2.26. The molecule has 5 heteroatoms. The minimum atomic E-state index is -0.986. The third-order valence-electron chi connectivity index (χ3n) is 3.11. The molecule has 0 bridgehead atoms. The van der Waals surface area contributed by atoms with Crippen LogP contribution in [0.2, 0.25) is 0 Å². The molecule has 0 aliphatic carbocycles. The van der Waals surface area contributed by atoms with E-state index >= 15 is 0 Å². The van der Waals surface area contributed by atoms with E-state index in [1.165, 1.54) is 0 Å². The first-order valence-electron chi connectivity index (χ1n) is 6.24. The molecule has 0 spiro atoms. The summed E-state index contributed by atoms with van der Waals surface area (Å²) in [5.41, 5.74) is 0.793. The number of likely N-dealkylation sites (N-methyl/N-ethyl adjacent to an activating group) is 1. The second kappa shape index (κ2) is 5.86. The molecular weight excluding hydrogens is 246 g/mol. The van der Waals surface area contributed by atoms with Crippen LogP contribution in [0.15, 0.2) is 28.7 Å². The molecule has 0 saturated heterocycles. The number of aromatic carboxylic acids is 1. The van der Waals surface area contributed by atoms with E-state index in [4.69, 9.17) is 9.52 Å². The summed E-state index contributed by atoms with van der Waals surface area (Å²) in [6.45, 7) is 3.59. The van der Waals surface area contributed by atoms with Crippen LogP contribution in [-0.4, -0.2) is 40.8 Å². The lowest BCUT2D eigenvalue weighted by atomic mass is 10.1. The van der Waals surface area contributed by atoms with Crippen LogP contribution in [0, 0.1) is 0 Å². The third kappa shape index (κ3) is 2.77. The molecular formula is C14H17NO4. The lowest BCUT2D eigenvalue weighted by molar-refractivity contribution is 0.0694. The summed E-state index contributed by atoms with van der Waals surface area (Å²) in [5.74, 6) is -0.552. The number of rotatable bonds is 6. The van der Waals surface area contributed by atoms with Crippen LogP contribution in [0.4, 0.5) is 0 Å². The van der Waals surface area contributed by atoms with Gasteiger partial charge in [-0.15, -0.1) is 0 Å². The van der Waals surface area contributed by atoms with Gasteiger partial charge in [-0.3, -0.25) is 4.90 Å². The van der Waals surface area contributed by atoms with Crippen LogP contribution in [0.3, 0.4) is 0 Å². The molecule has 2 rings (SSSR count). The van der Waals surface area contributed by atoms with Crippen molar-refractivity contribution in [3.8, 4) is 0 Å². The maximum Gasteiger partial charge on any atom is 0.339 e. The summed E-state index contributed by atoms with van der Waals surface area (Å²) in [5, 5.41) is 18.9. The van der Waals surface area contributed by atoms with Crippen LogP contribution in [0.25, 0.3) is 11.0 Å². The van der Waals surface area contributed by atoms with Gasteiger partial charge in [-0.25, -0.2) is 4.79 Å². The highest BCUT2D eigenvalue weighted by molar-refractivity contribution is 6.03. The normalized spacial score (nSPS) is 11.3. The topological polar surface area (TPSA) is 73.9 Å². The van der Waals surface area contributed by atoms with Crippen LogP contribution >= 0.6 is 0 Å². The van der Waals surface area contributed by atoms with Crippen molar-refractivity contribution in [3.05, 3.63) is 35.6 Å². The Bertz CT molecular complexity index is 576. The van der Waals surface area contributed by atoms with Gasteiger partial charge in [-0.2, -0.15) is 0 Å². The highest BCUT2D eigenvalue weighted by Crippen LogP contribution is 2.26. The summed E-state index contributed by atoms with van der Waals surface area (Å²) in [4.78, 5) is 13.3. The van der Waals surface area contributed by atoms with E-state index in [1.807, 2.05) is 17.9 Å². The Labute approximate surface area is 111 Å². The number of carboxylic acids is 1. The minimum Gasteiger partial charge on any atom is -0.478 e. The number of hydrogen-bond acceptors (Lipinski definition) is 4. The molecule has 0 unspecified atom stereocenters. The van der Waals surface area contributed by atoms with E-state index in [0.717, 1.165) is 6.54 Å². The average Bonchev–Trinajstić information content (AvgIpc) is 2.76. The number of para-hydroxylation sites is 1. The molecule has 5 nitrogen and oxygen atoms in total. The van der Waals surface area contributed by atoms with Gasteiger partial charge in [0.1, 0.15) is 16.9 Å². The Morgan fingerprint density at radius 2 is 2.11 bits per heavy atom. The van der Waals surface area contributed by atoms with Gasteiger partial charge in [0.2, 0.25) is 0 Å². The highest BCUT2D eigenvalue weighted by Gasteiger charge is 2.21. The molecule has 0 saturated carbocycles. The van der Waals surface area contributed by atoms with Crippen molar-refractivity contribution in [3.63, 3.8) is 0 Å². The first-order valence-corrected chi connectivity index (χ1v) is 6.24. The number of nitrogens with zero attached hydrogens (tertiary/aromatic N) is 1. The van der Waals surface area contributed by atoms with Gasteiger partial charge in [-0.1, -0.05) is 25.1 Å². The fourth-order valence-electron chi connectivity index (χ4n) is 2.14. The SMILES string of the molecule is CCN(CCO)Cc1oc2ccccc2c1C(=O)O. The molecule has 19 heavy (non-hydrogen) atoms. The average molecular weight is 263 g/mol. The van der Waals surface area contributed by atoms with Crippen LogP contribution in [-0.2, 0) is 6.54 Å². The van der Waals surface area contributed by atoms with Crippen LogP contribution < -0.4 is 0 Å². The zero-order chi connectivity index (χ0) is 13.8. The van der Waals surface area contributed by atoms with E-state index in [1.54, 1.807) is 18.2 Å². The maximum absolute atomic E-state index is 11.4. The number of benzene rings is 1. The predicted octanol–water partition coefficient (Wildman–Crippen LogP) is 1.95. The molecule has 102 valence electrons. The third-order valence-corrected chi connectivity index (χ3v) is 3.11. The number of aliphatic hydroxyl groups is 1. The molecule has 0 aliphatic rings. The first-order chi connectivity index (χ1) is 9.17. The monoisotopic (exact) mass is 263 g/mol. The second-order valence-electron chi connectivity index (χ2n) is 4.29. The number of carbonyl (C=O) groups is 1. The van der Waals surface area contributed by atoms with Gasteiger partial charge >= 0.3 is 5.97 Å². The fraction of sp³-hybridized carbons (Fsp3) is 0.357. The Kier molecular flexibility index (Phi) is 4.19. The molecule has 1 aromatic heterocycles. The van der Waals surface area contributed by atoms with E-state index in [-0.39, 0.29) is 12.2 Å². The van der Waals surface area contributed by atoms with Crippen molar-refractivity contribution in [2.75, 3.05) is 19.7 Å². The fourth-order valence-corrected chi connectivity index (χ4v) is 2.14. The van der Waals surface area contributed by atoms with E-state index in [0.29, 0.717) is 29.8 Å². The number of fused-ring (bicyclic) bond motifs is 1. The molecule has 0 atom stereocenters. The van der Waals surface area contributed by atoms with Gasteiger partial charge in [0.25, 0.3) is 0 Å². The predicted molar refractivity (Wildman–Crippen MR) is 71.2 cm³/mol. The first kappa shape index (κ1) is 13.6. The van der Waals surface area contributed by atoms with Crippen molar-refractivity contribution < 1.29 is 19.4 Å². The van der Waals surface area contributed by atoms with Gasteiger partial charge in [0, 0.05) is 11.9 Å². The van der Waals surface area contributed by atoms with Crippen molar-refractivity contribution in [1.29, 1.82) is 0 Å². The van der Waals surface area contributed by atoms with Gasteiger partial charge < -0.3 is 14.6 Å². The van der Waals surface area contributed by atoms with Gasteiger partial charge in [-0.05, 0) is 12.6 Å². The summed E-state index contributed by atoms with van der Waals surface area (Å²) in [7, 11) is 0. The van der Waals surface area contributed by atoms with Gasteiger partial charge in [0.05, 0.1) is 13.2 Å². The molecule has 0 radical (unpaired) electrons. The highest BCUT2D eigenvalue weighted by atomic mass is 16.4. The summed E-state index contributed by atoms with van der Waals surface area (Å²) < 4.78 is 5.63. The molecule has 0 fully saturated rings. The molecule has 0 aliphatic heterocycles. The zero-order valence-corrected chi connectivity index (χ0v) is 10.8. The van der Waals surface area contributed by atoms with Crippen molar-refractivity contribution in [2.24, 2.45) is 0 Å². The van der Waals surface area contributed by atoms with E-state index in [2.05, 4.69) is 0 Å². The van der Waals surface area contributed by atoms with Gasteiger partial charge in [0.15, 0.2) is 0 Å². The van der Waals surface area contributed by atoms with Crippen LogP contribution in [0.5, 0.6) is 0 Å². The zero-order valence-electron chi connectivity index (χ0n) is 10.8. The molecule has 2 N–H and O–H groups in total. The minimum absolute atomic E-state index is 0.0382. The number of aliphatic hydroxyl groups excluding tert-OH is 1. The Balaban J connectivity index is 2.41. The van der Waals surface area contributed by atoms with Crippen molar-refractivity contribution in [2.45, 2.75) is 13.5 Å².